The smallest absolute Gasteiger partial charge is 0.0930 e. The number of nitrogens with zero attached hydrogens (tertiary/aromatic N) is 3. The Labute approximate surface area is 85.8 Å². The summed E-state index contributed by atoms with van der Waals surface area (Å²) in [5.74, 6) is 0. The first kappa shape index (κ1) is 11.2. The van der Waals surface area contributed by atoms with Crippen LogP contribution in [-0.2, 0) is 4.74 Å². The van der Waals surface area contributed by atoms with Gasteiger partial charge in [0.15, 0.2) is 0 Å². The number of allylic oxidation sites excluding steroid dienone is 1. The van der Waals surface area contributed by atoms with Crippen LogP contribution < -0.4 is 0 Å². The van der Waals surface area contributed by atoms with Crippen molar-refractivity contribution in [1.82, 2.24) is 9.91 Å². The van der Waals surface area contributed by atoms with Crippen LogP contribution in [0.5, 0.6) is 0 Å². The highest BCUT2D eigenvalue weighted by atomic mass is 16.5. The Hall–Kier alpha value is -0.870. The molecule has 1 aliphatic rings. The van der Waals surface area contributed by atoms with Gasteiger partial charge in [0.25, 0.3) is 0 Å². The number of hydrogen-bond acceptors (Lipinski definition) is 4. The maximum absolute atomic E-state index is 5.27. The van der Waals surface area contributed by atoms with Crippen LogP contribution in [0.1, 0.15) is 13.8 Å². The largest absolute Gasteiger partial charge is 0.379 e. The van der Waals surface area contributed by atoms with Gasteiger partial charge in [0.2, 0.25) is 0 Å². The average Bonchev–Trinajstić information content (AvgIpc) is 2.17. The fraction of sp³-hybridized carbons (Fsp3) is 0.700. The lowest BCUT2D eigenvalue weighted by atomic mass is 10.4. The number of hydrazone groups is 1. The second-order valence-electron chi connectivity index (χ2n) is 3.66. The van der Waals surface area contributed by atoms with E-state index in [1.165, 1.54) is 5.57 Å². The van der Waals surface area contributed by atoms with Gasteiger partial charge in [-0.05, 0) is 13.8 Å². The van der Waals surface area contributed by atoms with Crippen molar-refractivity contribution in [3.63, 3.8) is 0 Å². The van der Waals surface area contributed by atoms with Gasteiger partial charge in [-0.3, -0.25) is 9.91 Å². The molecule has 1 aliphatic heterocycles. The normalized spacial score (nSPS) is 17.6. The SMILES string of the molecule is C=NN(C=C(C)C)CN1CCOCC1. The van der Waals surface area contributed by atoms with Crippen molar-refractivity contribution in [3.8, 4) is 0 Å². The summed E-state index contributed by atoms with van der Waals surface area (Å²) in [6.45, 7) is 12.1. The van der Waals surface area contributed by atoms with Crippen molar-refractivity contribution in [2.75, 3.05) is 33.0 Å². The topological polar surface area (TPSA) is 28.1 Å². The third kappa shape index (κ3) is 3.89. The molecule has 0 aromatic rings. The van der Waals surface area contributed by atoms with Gasteiger partial charge in [0.05, 0.1) is 19.9 Å². The molecule has 14 heavy (non-hydrogen) atoms. The first-order chi connectivity index (χ1) is 6.72. The van der Waals surface area contributed by atoms with Crippen LogP contribution in [-0.4, -0.2) is 49.6 Å². The van der Waals surface area contributed by atoms with Crippen LogP contribution in [0.3, 0.4) is 0 Å². The molecule has 80 valence electrons. The summed E-state index contributed by atoms with van der Waals surface area (Å²) >= 11 is 0. The molecular weight excluding hydrogens is 178 g/mol. The molecule has 0 amide bonds. The van der Waals surface area contributed by atoms with E-state index in [1.54, 1.807) is 0 Å². The summed E-state index contributed by atoms with van der Waals surface area (Å²) in [5.41, 5.74) is 1.23. The summed E-state index contributed by atoms with van der Waals surface area (Å²) in [7, 11) is 0. The number of morpholine rings is 1. The maximum atomic E-state index is 5.27. The van der Waals surface area contributed by atoms with Crippen LogP contribution in [0.25, 0.3) is 0 Å². The molecule has 4 nitrogen and oxygen atoms in total. The predicted molar refractivity (Wildman–Crippen MR) is 58.1 cm³/mol. The fourth-order valence-electron chi connectivity index (χ4n) is 1.37. The number of hydrogen-bond donors (Lipinski definition) is 0. The van der Waals surface area contributed by atoms with Gasteiger partial charge in [-0.1, -0.05) is 5.57 Å². The molecule has 0 aliphatic carbocycles. The van der Waals surface area contributed by atoms with E-state index in [-0.39, 0.29) is 0 Å². The van der Waals surface area contributed by atoms with Gasteiger partial charge >= 0.3 is 0 Å². The fourth-order valence-corrected chi connectivity index (χ4v) is 1.37. The standard InChI is InChI=1S/C10H19N3O/c1-10(2)8-13(11-3)9-12-4-6-14-7-5-12/h8H,3-7,9H2,1-2H3. The highest BCUT2D eigenvalue weighted by Gasteiger charge is 2.11. The van der Waals surface area contributed by atoms with Crippen molar-refractivity contribution in [1.29, 1.82) is 0 Å². The Morgan fingerprint density at radius 3 is 2.64 bits per heavy atom. The Morgan fingerprint density at radius 1 is 1.50 bits per heavy atom. The zero-order chi connectivity index (χ0) is 10.4. The predicted octanol–water partition coefficient (Wildman–Crippen LogP) is 1.12. The minimum atomic E-state index is 0.804. The monoisotopic (exact) mass is 197 g/mol. The van der Waals surface area contributed by atoms with Crippen molar-refractivity contribution < 1.29 is 4.74 Å². The Bertz CT molecular complexity index is 205. The first-order valence-electron chi connectivity index (χ1n) is 4.91. The Kier molecular flexibility index (Phi) is 4.62. The molecule has 0 spiro atoms. The van der Waals surface area contributed by atoms with Gasteiger partial charge < -0.3 is 4.74 Å². The molecule has 1 saturated heterocycles. The molecule has 0 aromatic heterocycles. The van der Waals surface area contributed by atoms with E-state index in [0.717, 1.165) is 33.0 Å². The Morgan fingerprint density at radius 2 is 2.14 bits per heavy atom. The van der Waals surface area contributed by atoms with E-state index in [4.69, 9.17) is 4.74 Å². The molecular formula is C10H19N3O. The highest BCUT2D eigenvalue weighted by Crippen LogP contribution is 2.02. The molecule has 4 heteroatoms. The molecule has 1 heterocycles. The molecule has 0 unspecified atom stereocenters. The zero-order valence-corrected chi connectivity index (χ0v) is 9.07. The average molecular weight is 197 g/mol. The van der Waals surface area contributed by atoms with E-state index in [2.05, 4.69) is 30.6 Å². The zero-order valence-electron chi connectivity index (χ0n) is 9.07. The van der Waals surface area contributed by atoms with E-state index in [1.807, 2.05) is 11.2 Å². The second kappa shape index (κ2) is 5.78. The molecule has 0 atom stereocenters. The summed E-state index contributed by atoms with van der Waals surface area (Å²) < 4.78 is 5.27. The maximum Gasteiger partial charge on any atom is 0.0930 e. The van der Waals surface area contributed by atoms with Gasteiger partial charge in [-0.15, -0.1) is 0 Å². The Balaban J connectivity index is 2.38. The molecule has 0 aromatic carbocycles. The summed E-state index contributed by atoms with van der Waals surface area (Å²) in [6, 6.07) is 0. The van der Waals surface area contributed by atoms with Crippen LogP contribution >= 0.6 is 0 Å². The van der Waals surface area contributed by atoms with Gasteiger partial charge in [-0.25, -0.2) is 0 Å². The van der Waals surface area contributed by atoms with Crippen LogP contribution in [0.15, 0.2) is 16.9 Å². The molecule has 1 rings (SSSR count). The lowest BCUT2D eigenvalue weighted by Crippen LogP contribution is -2.41. The highest BCUT2D eigenvalue weighted by molar-refractivity contribution is 5.22. The van der Waals surface area contributed by atoms with Crippen molar-refractivity contribution >= 4 is 6.72 Å². The molecule has 0 bridgehead atoms. The molecule has 0 radical (unpaired) electrons. The van der Waals surface area contributed by atoms with Crippen LogP contribution in [0.4, 0.5) is 0 Å². The van der Waals surface area contributed by atoms with Crippen molar-refractivity contribution in [2.24, 2.45) is 5.10 Å². The van der Waals surface area contributed by atoms with E-state index >= 15 is 0 Å². The summed E-state index contributed by atoms with van der Waals surface area (Å²) in [6.07, 6.45) is 2.00. The van der Waals surface area contributed by atoms with Crippen LogP contribution in [0.2, 0.25) is 0 Å². The van der Waals surface area contributed by atoms with E-state index < -0.39 is 0 Å². The summed E-state index contributed by atoms with van der Waals surface area (Å²) in [5, 5.41) is 5.81. The van der Waals surface area contributed by atoms with Crippen molar-refractivity contribution in [3.05, 3.63) is 11.8 Å². The molecule has 0 saturated carbocycles. The van der Waals surface area contributed by atoms with E-state index in [9.17, 15) is 0 Å². The molecule has 0 N–H and O–H groups in total. The number of rotatable bonds is 4. The van der Waals surface area contributed by atoms with E-state index in [0.29, 0.717) is 0 Å². The minimum Gasteiger partial charge on any atom is -0.379 e. The van der Waals surface area contributed by atoms with Gasteiger partial charge in [0, 0.05) is 26.0 Å². The summed E-state index contributed by atoms with van der Waals surface area (Å²) in [4.78, 5) is 2.30. The third-order valence-corrected chi connectivity index (χ3v) is 2.04. The van der Waals surface area contributed by atoms with Gasteiger partial charge in [0.1, 0.15) is 0 Å². The van der Waals surface area contributed by atoms with Crippen LogP contribution in [0, 0.1) is 0 Å². The van der Waals surface area contributed by atoms with Gasteiger partial charge in [-0.2, -0.15) is 5.10 Å². The van der Waals surface area contributed by atoms with Crippen molar-refractivity contribution in [2.45, 2.75) is 13.8 Å². The lowest BCUT2D eigenvalue weighted by molar-refractivity contribution is 0.0187. The quantitative estimate of drug-likeness (QED) is 0.499. The first-order valence-corrected chi connectivity index (χ1v) is 4.91. The lowest BCUT2D eigenvalue weighted by Gasteiger charge is -2.29. The molecule has 1 fully saturated rings. The minimum absolute atomic E-state index is 0.804. The number of ether oxygens (including phenoxy) is 1. The second-order valence-corrected chi connectivity index (χ2v) is 3.66. The third-order valence-electron chi connectivity index (χ3n) is 2.04.